The van der Waals surface area contributed by atoms with E-state index in [0.717, 1.165) is 0 Å². The quantitative estimate of drug-likeness (QED) is 0.854. The second kappa shape index (κ2) is 6.78. The fourth-order valence-electron chi connectivity index (χ4n) is 1.83. The van der Waals surface area contributed by atoms with Crippen molar-refractivity contribution in [2.75, 3.05) is 12.4 Å². The molecule has 0 heterocycles. The maximum Gasteiger partial charge on any atom is 0.387 e. The topological polar surface area (TPSA) is 50.7 Å². The molecular formula is C15H15F2NO3. The van der Waals surface area contributed by atoms with Crippen LogP contribution >= 0.6 is 0 Å². The summed E-state index contributed by atoms with van der Waals surface area (Å²) in [6.45, 7) is -2.65. The summed E-state index contributed by atoms with van der Waals surface area (Å²) < 4.78 is 34.1. The van der Waals surface area contributed by atoms with Gasteiger partial charge in [0.2, 0.25) is 0 Å². The number of aromatic hydroxyl groups is 1. The predicted molar refractivity (Wildman–Crippen MR) is 75.1 cm³/mol. The van der Waals surface area contributed by atoms with Gasteiger partial charge in [0.25, 0.3) is 0 Å². The molecule has 0 aliphatic heterocycles. The van der Waals surface area contributed by atoms with Crippen molar-refractivity contribution < 1.29 is 23.4 Å². The number of rotatable bonds is 6. The number of hydrogen-bond donors (Lipinski definition) is 2. The number of ether oxygens (including phenoxy) is 2. The number of para-hydroxylation sites is 2. The summed E-state index contributed by atoms with van der Waals surface area (Å²) in [4.78, 5) is 0. The normalized spacial score (nSPS) is 10.5. The van der Waals surface area contributed by atoms with E-state index in [1.165, 1.54) is 19.2 Å². The van der Waals surface area contributed by atoms with E-state index in [1.807, 2.05) is 0 Å². The first-order valence-electron chi connectivity index (χ1n) is 6.23. The Morgan fingerprint density at radius 2 is 1.95 bits per heavy atom. The Morgan fingerprint density at radius 1 is 1.19 bits per heavy atom. The third kappa shape index (κ3) is 3.98. The minimum Gasteiger partial charge on any atom is -0.508 e. The van der Waals surface area contributed by atoms with Crippen LogP contribution in [0.15, 0.2) is 42.5 Å². The van der Waals surface area contributed by atoms with Crippen LogP contribution < -0.4 is 14.8 Å². The maximum absolute atomic E-state index is 12.3. The minimum absolute atomic E-state index is 0.0508. The van der Waals surface area contributed by atoms with E-state index in [4.69, 9.17) is 4.74 Å². The molecule has 0 aromatic heterocycles. The lowest BCUT2D eigenvalue weighted by molar-refractivity contribution is -0.0493. The van der Waals surface area contributed by atoms with Crippen molar-refractivity contribution in [3.05, 3.63) is 48.0 Å². The summed E-state index contributed by atoms with van der Waals surface area (Å²) in [7, 11) is 1.52. The fraction of sp³-hybridized carbons (Fsp3) is 0.200. The summed E-state index contributed by atoms with van der Waals surface area (Å²) in [5.41, 5.74) is 1.00. The molecule has 4 nitrogen and oxygen atoms in total. The van der Waals surface area contributed by atoms with Crippen molar-refractivity contribution in [1.82, 2.24) is 0 Å². The minimum atomic E-state index is -2.89. The number of phenols is 1. The fourth-order valence-corrected chi connectivity index (χ4v) is 1.83. The van der Waals surface area contributed by atoms with Crippen LogP contribution in [0, 0.1) is 0 Å². The van der Waals surface area contributed by atoms with E-state index in [2.05, 4.69) is 10.1 Å². The van der Waals surface area contributed by atoms with Gasteiger partial charge >= 0.3 is 6.61 Å². The van der Waals surface area contributed by atoms with Gasteiger partial charge in [-0.1, -0.05) is 12.1 Å². The summed E-state index contributed by atoms with van der Waals surface area (Å²) in [6, 6.07) is 11.2. The van der Waals surface area contributed by atoms with Crippen molar-refractivity contribution >= 4 is 5.69 Å². The molecule has 0 fully saturated rings. The molecule has 112 valence electrons. The molecule has 0 unspecified atom stereocenters. The lowest BCUT2D eigenvalue weighted by Gasteiger charge is -2.13. The van der Waals surface area contributed by atoms with Gasteiger partial charge < -0.3 is 19.9 Å². The Kier molecular flexibility index (Phi) is 4.81. The zero-order chi connectivity index (χ0) is 15.2. The average molecular weight is 295 g/mol. The van der Waals surface area contributed by atoms with Crippen LogP contribution in [-0.2, 0) is 6.54 Å². The van der Waals surface area contributed by atoms with Crippen molar-refractivity contribution in [2.24, 2.45) is 0 Å². The first-order valence-corrected chi connectivity index (χ1v) is 6.23. The molecule has 2 aromatic rings. The number of halogens is 2. The summed E-state index contributed by atoms with van der Waals surface area (Å²) in [6.07, 6.45) is 0. The van der Waals surface area contributed by atoms with Gasteiger partial charge in [-0.05, 0) is 30.3 Å². The summed E-state index contributed by atoms with van der Waals surface area (Å²) in [5.74, 6) is 0.743. The lowest BCUT2D eigenvalue weighted by Crippen LogP contribution is -2.06. The lowest BCUT2D eigenvalue weighted by atomic mass is 10.2. The Labute approximate surface area is 120 Å². The molecule has 0 aliphatic carbocycles. The molecule has 0 saturated carbocycles. The van der Waals surface area contributed by atoms with Crippen LogP contribution in [0.3, 0.4) is 0 Å². The van der Waals surface area contributed by atoms with Crippen molar-refractivity contribution in [2.45, 2.75) is 13.2 Å². The van der Waals surface area contributed by atoms with E-state index in [9.17, 15) is 13.9 Å². The molecule has 2 rings (SSSR count). The zero-order valence-electron chi connectivity index (χ0n) is 11.3. The molecule has 0 bridgehead atoms. The highest BCUT2D eigenvalue weighted by molar-refractivity contribution is 5.57. The number of alkyl halides is 2. The molecule has 0 aliphatic rings. The largest absolute Gasteiger partial charge is 0.508 e. The van der Waals surface area contributed by atoms with Crippen molar-refractivity contribution in [3.63, 3.8) is 0 Å². The van der Waals surface area contributed by atoms with Gasteiger partial charge in [0.15, 0.2) is 0 Å². The van der Waals surface area contributed by atoms with Crippen LogP contribution in [0.2, 0.25) is 0 Å². The molecule has 0 spiro atoms. The summed E-state index contributed by atoms with van der Waals surface area (Å²) >= 11 is 0. The molecule has 0 amide bonds. The molecule has 0 radical (unpaired) electrons. The highest BCUT2D eigenvalue weighted by atomic mass is 19.3. The Balaban J connectivity index is 2.13. The smallest absolute Gasteiger partial charge is 0.387 e. The van der Waals surface area contributed by atoms with Crippen LogP contribution in [0.1, 0.15) is 5.56 Å². The van der Waals surface area contributed by atoms with Gasteiger partial charge in [0.05, 0.1) is 12.8 Å². The molecular weight excluding hydrogens is 280 g/mol. The molecule has 6 heteroatoms. The third-order valence-corrected chi connectivity index (χ3v) is 2.86. The number of benzene rings is 2. The van der Waals surface area contributed by atoms with E-state index < -0.39 is 6.61 Å². The van der Waals surface area contributed by atoms with Crippen LogP contribution in [-0.4, -0.2) is 18.8 Å². The van der Waals surface area contributed by atoms with Gasteiger partial charge in [0.1, 0.15) is 17.2 Å². The Bertz CT molecular complexity index is 605. The molecule has 0 atom stereocenters. The Hall–Kier alpha value is -2.50. The molecule has 0 saturated heterocycles. The van der Waals surface area contributed by atoms with Gasteiger partial charge in [-0.25, -0.2) is 0 Å². The zero-order valence-corrected chi connectivity index (χ0v) is 11.3. The van der Waals surface area contributed by atoms with Gasteiger partial charge in [-0.2, -0.15) is 8.78 Å². The molecule has 21 heavy (non-hydrogen) atoms. The van der Waals surface area contributed by atoms with Gasteiger partial charge in [-0.15, -0.1) is 0 Å². The first kappa shape index (κ1) is 14.9. The van der Waals surface area contributed by atoms with Crippen LogP contribution in [0.4, 0.5) is 14.5 Å². The molecule has 2 aromatic carbocycles. The average Bonchev–Trinajstić information content (AvgIpc) is 2.47. The van der Waals surface area contributed by atoms with Crippen LogP contribution in [0.5, 0.6) is 17.2 Å². The van der Waals surface area contributed by atoms with Crippen molar-refractivity contribution in [1.29, 1.82) is 0 Å². The molecule has 2 N–H and O–H groups in total. The maximum atomic E-state index is 12.3. The van der Waals surface area contributed by atoms with Crippen molar-refractivity contribution in [3.8, 4) is 17.2 Å². The standard InChI is InChI=1S/C15H15F2NO3/c1-20-11-6-7-13(19)10(8-11)9-18-12-4-2-3-5-14(12)21-15(16)17/h2-8,15,18-19H,9H2,1H3. The highest BCUT2D eigenvalue weighted by Crippen LogP contribution is 2.28. The van der Waals surface area contributed by atoms with Gasteiger partial charge in [0, 0.05) is 12.1 Å². The van der Waals surface area contributed by atoms with E-state index >= 15 is 0 Å². The van der Waals surface area contributed by atoms with E-state index in [0.29, 0.717) is 17.0 Å². The number of phenolic OH excluding ortho intramolecular Hbond substituents is 1. The van der Waals surface area contributed by atoms with Gasteiger partial charge in [-0.3, -0.25) is 0 Å². The monoisotopic (exact) mass is 295 g/mol. The third-order valence-electron chi connectivity index (χ3n) is 2.86. The highest BCUT2D eigenvalue weighted by Gasteiger charge is 2.10. The number of methoxy groups -OCH3 is 1. The number of anilines is 1. The van der Waals surface area contributed by atoms with Crippen LogP contribution in [0.25, 0.3) is 0 Å². The SMILES string of the molecule is COc1ccc(O)c(CNc2ccccc2OC(F)F)c1. The second-order valence-corrected chi connectivity index (χ2v) is 4.22. The number of nitrogens with one attached hydrogen (secondary N) is 1. The number of hydrogen-bond acceptors (Lipinski definition) is 4. The Morgan fingerprint density at radius 3 is 2.67 bits per heavy atom. The van der Waals surface area contributed by atoms with E-state index in [1.54, 1.807) is 30.3 Å². The predicted octanol–water partition coefficient (Wildman–Crippen LogP) is 3.61. The van der Waals surface area contributed by atoms with E-state index in [-0.39, 0.29) is 18.0 Å². The first-order chi connectivity index (χ1) is 10.1. The second-order valence-electron chi connectivity index (χ2n) is 4.22. The summed E-state index contributed by atoms with van der Waals surface area (Å²) in [5, 5.41) is 12.7.